The van der Waals surface area contributed by atoms with Crippen LogP contribution in [0.25, 0.3) is 0 Å². The molecular weight excluding hydrogens is 156 g/mol. The highest BCUT2D eigenvalue weighted by Crippen LogP contribution is 1.82. The molecule has 0 radical (unpaired) electrons. The fraction of sp³-hybridized carbons (Fsp3) is 0.125. The van der Waals surface area contributed by atoms with E-state index in [1.807, 2.05) is 6.08 Å². The van der Waals surface area contributed by atoms with Crippen LogP contribution in [0.15, 0.2) is 42.1 Å². The summed E-state index contributed by atoms with van der Waals surface area (Å²) in [4.78, 5) is 8.30. The molecule has 0 fully saturated rings. The Hall–Kier alpha value is -1.71. The minimum absolute atomic E-state index is 0.622. The van der Waals surface area contributed by atoms with Gasteiger partial charge in [-0.2, -0.15) is 0 Å². The average molecular weight is 166 g/mol. The van der Waals surface area contributed by atoms with Crippen LogP contribution in [-0.2, 0) is 9.57 Å². The standard InChI is InChI=1S/2C4H5NO/c1-3-6-4-2-5-1;1-2-4-6-5-3-1/h1-3H,4H2;1-5H. The Labute approximate surface area is 70.8 Å². The smallest absolute Gasteiger partial charge is 0.123 e. The normalized spacial score (nSPS) is 16.7. The zero-order chi connectivity index (χ0) is 8.49. The van der Waals surface area contributed by atoms with Gasteiger partial charge >= 0.3 is 0 Å². The predicted molar refractivity (Wildman–Crippen MR) is 46.1 cm³/mol. The summed E-state index contributed by atoms with van der Waals surface area (Å²) in [6.45, 7) is 0.622. The van der Waals surface area contributed by atoms with Crippen molar-refractivity contribution in [2.24, 2.45) is 4.99 Å². The van der Waals surface area contributed by atoms with E-state index in [-0.39, 0.29) is 0 Å². The van der Waals surface area contributed by atoms with Crippen molar-refractivity contribution in [3.05, 3.63) is 37.1 Å². The Kier molecular flexibility index (Phi) is 4.21. The molecule has 64 valence electrons. The van der Waals surface area contributed by atoms with E-state index in [0.29, 0.717) is 6.61 Å². The molecule has 0 aromatic carbocycles. The molecule has 4 nitrogen and oxygen atoms in total. The van der Waals surface area contributed by atoms with E-state index in [1.54, 1.807) is 37.2 Å². The summed E-state index contributed by atoms with van der Waals surface area (Å²) < 4.78 is 4.74. The zero-order valence-electron chi connectivity index (χ0n) is 6.51. The van der Waals surface area contributed by atoms with Crippen LogP contribution in [0.5, 0.6) is 0 Å². The number of rotatable bonds is 0. The van der Waals surface area contributed by atoms with Gasteiger partial charge in [0.2, 0.25) is 0 Å². The molecule has 0 aromatic rings. The summed E-state index contributed by atoms with van der Waals surface area (Å²) in [5.74, 6) is 0. The Morgan fingerprint density at radius 1 is 1.25 bits per heavy atom. The van der Waals surface area contributed by atoms with E-state index in [1.165, 1.54) is 0 Å². The van der Waals surface area contributed by atoms with Gasteiger partial charge in [-0.05, 0) is 12.2 Å². The van der Waals surface area contributed by atoms with Crippen LogP contribution in [0.2, 0.25) is 0 Å². The van der Waals surface area contributed by atoms with Crippen LogP contribution < -0.4 is 5.48 Å². The Morgan fingerprint density at radius 3 is 2.42 bits per heavy atom. The summed E-state index contributed by atoms with van der Waals surface area (Å²) in [5.41, 5.74) is 2.52. The molecule has 1 N–H and O–H groups in total. The van der Waals surface area contributed by atoms with Crippen LogP contribution in [0.4, 0.5) is 0 Å². The van der Waals surface area contributed by atoms with E-state index in [4.69, 9.17) is 4.74 Å². The second-order valence-corrected chi connectivity index (χ2v) is 1.87. The van der Waals surface area contributed by atoms with Gasteiger partial charge in [0, 0.05) is 12.4 Å². The van der Waals surface area contributed by atoms with Gasteiger partial charge in [-0.25, -0.2) is 5.48 Å². The van der Waals surface area contributed by atoms with Crippen molar-refractivity contribution >= 4 is 6.21 Å². The number of allylic oxidation sites excluding steroid dienone is 2. The molecule has 0 atom stereocenters. The highest BCUT2D eigenvalue weighted by molar-refractivity contribution is 5.60. The van der Waals surface area contributed by atoms with E-state index >= 15 is 0 Å². The van der Waals surface area contributed by atoms with Crippen molar-refractivity contribution in [2.75, 3.05) is 6.61 Å². The topological polar surface area (TPSA) is 42.8 Å². The van der Waals surface area contributed by atoms with Crippen molar-refractivity contribution in [1.82, 2.24) is 5.48 Å². The molecule has 0 aromatic heterocycles. The SMILES string of the molecule is C1=CNOC=C1.C1=COCC=N1. The van der Waals surface area contributed by atoms with Crippen molar-refractivity contribution < 1.29 is 9.57 Å². The Bertz CT molecular complexity index is 171. The first kappa shape index (κ1) is 8.39. The van der Waals surface area contributed by atoms with E-state index in [9.17, 15) is 0 Å². The van der Waals surface area contributed by atoms with Gasteiger partial charge in [0.15, 0.2) is 0 Å². The van der Waals surface area contributed by atoms with Crippen LogP contribution in [0.1, 0.15) is 0 Å². The van der Waals surface area contributed by atoms with Gasteiger partial charge in [-0.1, -0.05) is 0 Å². The first-order chi connectivity index (χ1) is 6.00. The lowest BCUT2D eigenvalue weighted by Gasteiger charge is -1.97. The molecule has 0 amide bonds. The lowest BCUT2D eigenvalue weighted by atomic mass is 10.6. The molecule has 2 heterocycles. The maximum absolute atomic E-state index is 4.74. The third kappa shape index (κ3) is 4.16. The highest BCUT2D eigenvalue weighted by Gasteiger charge is 1.76. The lowest BCUT2D eigenvalue weighted by molar-refractivity contribution is 0.172. The average Bonchev–Trinajstić information content (AvgIpc) is 2.24. The molecule has 0 unspecified atom stereocenters. The second kappa shape index (κ2) is 6.03. The number of nitrogens with zero attached hydrogens (tertiary/aromatic N) is 1. The van der Waals surface area contributed by atoms with E-state index in [0.717, 1.165) is 0 Å². The first-order valence-corrected chi connectivity index (χ1v) is 3.51. The molecule has 0 saturated heterocycles. The van der Waals surface area contributed by atoms with Crippen molar-refractivity contribution in [3.8, 4) is 0 Å². The van der Waals surface area contributed by atoms with E-state index in [2.05, 4.69) is 15.3 Å². The van der Waals surface area contributed by atoms with Crippen LogP contribution in [-0.4, -0.2) is 12.8 Å². The van der Waals surface area contributed by atoms with Gasteiger partial charge in [0.25, 0.3) is 0 Å². The molecule has 2 rings (SSSR count). The molecule has 12 heavy (non-hydrogen) atoms. The molecule has 0 aliphatic carbocycles. The number of hydrogen-bond donors (Lipinski definition) is 1. The van der Waals surface area contributed by atoms with Gasteiger partial charge in [0.1, 0.15) is 19.1 Å². The summed E-state index contributed by atoms with van der Waals surface area (Å²) in [5, 5.41) is 0. The molecular formula is C8H10N2O2. The van der Waals surface area contributed by atoms with Gasteiger partial charge in [-0.15, -0.1) is 0 Å². The van der Waals surface area contributed by atoms with Crippen LogP contribution >= 0.6 is 0 Å². The van der Waals surface area contributed by atoms with Gasteiger partial charge < -0.3 is 9.57 Å². The monoisotopic (exact) mass is 166 g/mol. The van der Waals surface area contributed by atoms with Crippen LogP contribution in [0.3, 0.4) is 0 Å². The summed E-state index contributed by atoms with van der Waals surface area (Å²) >= 11 is 0. The largest absolute Gasteiger partial charge is 0.494 e. The third-order valence-corrected chi connectivity index (χ3v) is 1.01. The number of aliphatic imine (C=N–C) groups is 1. The lowest BCUT2D eigenvalue weighted by Crippen LogP contribution is -2.01. The minimum Gasteiger partial charge on any atom is -0.494 e. The first-order valence-electron chi connectivity index (χ1n) is 3.51. The summed E-state index contributed by atoms with van der Waals surface area (Å²) in [6, 6.07) is 0. The number of nitrogens with one attached hydrogen (secondary N) is 1. The number of ether oxygens (including phenoxy) is 1. The number of hydrogen-bond acceptors (Lipinski definition) is 4. The van der Waals surface area contributed by atoms with Crippen molar-refractivity contribution in [1.29, 1.82) is 0 Å². The molecule has 0 spiro atoms. The molecule has 2 aliphatic rings. The van der Waals surface area contributed by atoms with Gasteiger partial charge in [-0.3, -0.25) is 4.99 Å². The molecule has 0 saturated carbocycles. The third-order valence-electron chi connectivity index (χ3n) is 1.01. The predicted octanol–water partition coefficient (Wildman–Crippen LogP) is 1.11. The maximum Gasteiger partial charge on any atom is 0.123 e. The van der Waals surface area contributed by atoms with Crippen molar-refractivity contribution in [2.45, 2.75) is 0 Å². The summed E-state index contributed by atoms with van der Waals surface area (Å²) in [6.07, 6.45) is 11.8. The number of hydroxylamine groups is 1. The maximum atomic E-state index is 4.74. The van der Waals surface area contributed by atoms with E-state index < -0.39 is 0 Å². The fourth-order valence-electron chi connectivity index (χ4n) is 0.539. The van der Waals surface area contributed by atoms with Crippen molar-refractivity contribution in [3.63, 3.8) is 0 Å². The zero-order valence-corrected chi connectivity index (χ0v) is 6.51. The second-order valence-electron chi connectivity index (χ2n) is 1.87. The molecule has 2 aliphatic heterocycles. The molecule has 0 bridgehead atoms. The fourth-order valence-corrected chi connectivity index (χ4v) is 0.539. The van der Waals surface area contributed by atoms with Gasteiger partial charge in [0.05, 0.1) is 6.20 Å². The minimum atomic E-state index is 0.622. The quantitative estimate of drug-likeness (QED) is 0.586. The Balaban J connectivity index is 0.000000120. The highest BCUT2D eigenvalue weighted by atomic mass is 16.6. The van der Waals surface area contributed by atoms with Crippen LogP contribution in [0, 0.1) is 0 Å². The molecule has 4 heteroatoms. The Morgan fingerprint density at radius 2 is 2.25 bits per heavy atom. The summed E-state index contributed by atoms with van der Waals surface area (Å²) in [7, 11) is 0.